The summed E-state index contributed by atoms with van der Waals surface area (Å²) in [6.45, 7) is 8.02. The number of hydrogen-bond donors (Lipinski definition) is 1. The Morgan fingerprint density at radius 1 is 1.05 bits per heavy atom. The number of likely N-dealkylation sites (N-methyl/N-ethyl adjacent to an activating group) is 1. The van der Waals surface area contributed by atoms with Crippen molar-refractivity contribution in [1.82, 2.24) is 20.0 Å². The van der Waals surface area contributed by atoms with Gasteiger partial charge in [0, 0.05) is 50.0 Å². The van der Waals surface area contributed by atoms with Gasteiger partial charge in [-0.2, -0.15) is 0 Å². The number of benzene rings is 2. The second-order valence-electron chi connectivity index (χ2n) is 9.57. The number of halogens is 1. The van der Waals surface area contributed by atoms with Crippen LogP contribution in [0.5, 0.6) is 5.75 Å². The molecule has 2 unspecified atom stereocenters. The fourth-order valence-electron chi connectivity index (χ4n) is 5.15. The lowest BCUT2D eigenvalue weighted by Crippen LogP contribution is -2.56. The molecule has 0 aromatic heterocycles. The van der Waals surface area contributed by atoms with Gasteiger partial charge in [0.25, 0.3) is 5.91 Å². The summed E-state index contributed by atoms with van der Waals surface area (Å²) >= 11 is 0. The van der Waals surface area contributed by atoms with Crippen LogP contribution in [0.3, 0.4) is 0 Å². The standard InChI is InChI=1S/C29H35FN4O5/c1-5-33-24(18-32-15-16-34(19(3)17-32)27(35)21-7-11-22(30)12-8-21)25(28(36)39-6-2)26(31-29(33)37)20-9-13-23(38-4)14-10-20/h7-14,19,26H,5-6,15-18H2,1-4H3,(H,31,37). The summed E-state index contributed by atoms with van der Waals surface area (Å²) in [5.41, 5.74) is 2.16. The maximum Gasteiger partial charge on any atom is 0.338 e. The third-order valence-electron chi connectivity index (χ3n) is 7.14. The molecule has 0 radical (unpaired) electrons. The average Bonchev–Trinajstić information content (AvgIpc) is 2.93. The fourth-order valence-corrected chi connectivity index (χ4v) is 5.15. The molecule has 39 heavy (non-hydrogen) atoms. The number of carbonyl (C=O) groups excluding carboxylic acids is 3. The van der Waals surface area contributed by atoms with Crippen molar-refractivity contribution >= 4 is 17.9 Å². The lowest BCUT2D eigenvalue weighted by Gasteiger charge is -2.43. The van der Waals surface area contributed by atoms with Gasteiger partial charge >= 0.3 is 12.0 Å². The number of methoxy groups -OCH3 is 1. The van der Waals surface area contributed by atoms with Crippen LogP contribution >= 0.6 is 0 Å². The zero-order chi connectivity index (χ0) is 28.1. The summed E-state index contributed by atoms with van der Waals surface area (Å²) in [5.74, 6) is -0.356. The highest BCUT2D eigenvalue weighted by Crippen LogP contribution is 2.33. The molecule has 10 heteroatoms. The molecule has 1 saturated heterocycles. The average molecular weight is 539 g/mol. The number of carbonyl (C=O) groups is 3. The second-order valence-corrected chi connectivity index (χ2v) is 9.57. The van der Waals surface area contributed by atoms with Gasteiger partial charge in [0.15, 0.2) is 0 Å². The first-order chi connectivity index (χ1) is 18.8. The summed E-state index contributed by atoms with van der Waals surface area (Å²) in [7, 11) is 1.58. The number of ether oxygens (including phenoxy) is 2. The predicted molar refractivity (Wildman–Crippen MR) is 144 cm³/mol. The van der Waals surface area contributed by atoms with E-state index in [0.717, 1.165) is 5.56 Å². The Hall–Kier alpha value is -3.92. The highest BCUT2D eigenvalue weighted by molar-refractivity contribution is 5.95. The molecule has 0 aliphatic carbocycles. The molecule has 2 aliphatic rings. The molecule has 1 fully saturated rings. The van der Waals surface area contributed by atoms with Gasteiger partial charge in [-0.15, -0.1) is 0 Å². The van der Waals surface area contributed by atoms with Gasteiger partial charge in [0.05, 0.1) is 25.3 Å². The van der Waals surface area contributed by atoms with Crippen LogP contribution in [-0.2, 0) is 9.53 Å². The molecule has 0 spiro atoms. The maximum atomic E-state index is 13.3. The van der Waals surface area contributed by atoms with Crippen LogP contribution in [0.15, 0.2) is 59.8 Å². The van der Waals surface area contributed by atoms with Crippen molar-refractivity contribution in [3.8, 4) is 5.75 Å². The Morgan fingerprint density at radius 2 is 1.74 bits per heavy atom. The largest absolute Gasteiger partial charge is 0.497 e. The molecule has 2 aliphatic heterocycles. The van der Waals surface area contributed by atoms with Crippen molar-refractivity contribution < 1.29 is 28.2 Å². The number of piperazine rings is 1. The molecule has 208 valence electrons. The van der Waals surface area contributed by atoms with E-state index >= 15 is 0 Å². The van der Waals surface area contributed by atoms with Gasteiger partial charge in [-0.3, -0.25) is 14.6 Å². The van der Waals surface area contributed by atoms with E-state index in [0.29, 0.717) is 55.3 Å². The number of amides is 3. The van der Waals surface area contributed by atoms with Crippen molar-refractivity contribution in [1.29, 1.82) is 0 Å². The van der Waals surface area contributed by atoms with Gasteiger partial charge < -0.3 is 19.7 Å². The minimum atomic E-state index is -0.681. The van der Waals surface area contributed by atoms with Crippen LogP contribution in [-0.4, -0.2) is 85.1 Å². The minimum absolute atomic E-state index is 0.132. The molecule has 1 N–H and O–H groups in total. The van der Waals surface area contributed by atoms with Crippen LogP contribution in [0.25, 0.3) is 0 Å². The zero-order valence-electron chi connectivity index (χ0n) is 22.8. The van der Waals surface area contributed by atoms with Crippen molar-refractivity contribution in [3.05, 3.63) is 76.7 Å². The fraction of sp³-hybridized carbons (Fsp3) is 0.414. The molecule has 4 rings (SSSR count). The first-order valence-corrected chi connectivity index (χ1v) is 13.2. The SMILES string of the molecule is CCOC(=O)C1=C(CN2CCN(C(=O)c3ccc(F)cc3)C(C)C2)N(CC)C(=O)NC1c1ccc(OC)cc1. The lowest BCUT2D eigenvalue weighted by atomic mass is 9.94. The van der Waals surface area contributed by atoms with Gasteiger partial charge in [0.1, 0.15) is 11.6 Å². The third kappa shape index (κ3) is 6.06. The van der Waals surface area contributed by atoms with E-state index in [-0.39, 0.29) is 30.4 Å². The molecule has 2 aromatic rings. The van der Waals surface area contributed by atoms with Crippen LogP contribution in [0.4, 0.5) is 9.18 Å². The molecule has 0 saturated carbocycles. The Bertz CT molecular complexity index is 1230. The normalized spacial score (nSPS) is 20.1. The number of nitrogens with one attached hydrogen (secondary N) is 1. The monoisotopic (exact) mass is 538 g/mol. The summed E-state index contributed by atoms with van der Waals surface area (Å²) < 4.78 is 24.1. The minimum Gasteiger partial charge on any atom is -0.497 e. The number of hydrogen-bond acceptors (Lipinski definition) is 6. The molecular formula is C29H35FN4O5. The van der Waals surface area contributed by atoms with Crippen LogP contribution in [0, 0.1) is 5.82 Å². The first kappa shape index (κ1) is 28.1. The van der Waals surface area contributed by atoms with Crippen LogP contribution in [0.2, 0.25) is 0 Å². The Labute approximate surface area is 228 Å². The van der Waals surface area contributed by atoms with Gasteiger partial charge in [-0.05, 0) is 62.7 Å². The molecule has 2 aromatic carbocycles. The van der Waals surface area contributed by atoms with E-state index in [1.165, 1.54) is 24.3 Å². The summed E-state index contributed by atoms with van der Waals surface area (Å²) in [6, 6.07) is 11.7. The first-order valence-electron chi connectivity index (χ1n) is 13.2. The Balaban J connectivity index is 1.62. The second kappa shape index (κ2) is 12.3. The van der Waals surface area contributed by atoms with Crippen molar-refractivity contribution in [3.63, 3.8) is 0 Å². The summed E-state index contributed by atoms with van der Waals surface area (Å²) in [4.78, 5) is 45.1. The van der Waals surface area contributed by atoms with Crippen LogP contribution in [0.1, 0.15) is 42.7 Å². The van der Waals surface area contributed by atoms with Crippen molar-refractivity contribution in [2.75, 3.05) is 46.4 Å². The quantitative estimate of drug-likeness (QED) is 0.517. The smallest absolute Gasteiger partial charge is 0.338 e. The van der Waals surface area contributed by atoms with E-state index in [2.05, 4.69) is 10.2 Å². The van der Waals surface area contributed by atoms with Crippen LogP contribution < -0.4 is 10.1 Å². The number of urea groups is 1. The van der Waals surface area contributed by atoms with Gasteiger partial charge in [-0.1, -0.05) is 12.1 Å². The molecule has 2 heterocycles. The number of nitrogens with zero attached hydrogens (tertiary/aromatic N) is 3. The van der Waals surface area contributed by atoms with E-state index < -0.39 is 12.0 Å². The zero-order valence-corrected chi connectivity index (χ0v) is 22.8. The Kier molecular flexibility index (Phi) is 8.86. The molecule has 3 amide bonds. The van der Waals surface area contributed by atoms with E-state index in [1.807, 2.05) is 26.0 Å². The molecular weight excluding hydrogens is 503 g/mol. The Morgan fingerprint density at radius 3 is 2.33 bits per heavy atom. The highest BCUT2D eigenvalue weighted by Gasteiger charge is 2.39. The highest BCUT2D eigenvalue weighted by atomic mass is 19.1. The number of esters is 1. The summed E-state index contributed by atoms with van der Waals surface area (Å²) in [5, 5.41) is 2.97. The van der Waals surface area contributed by atoms with Gasteiger partial charge in [0.2, 0.25) is 0 Å². The van der Waals surface area contributed by atoms with E-state index in [4.69, 9.17) is 9.47 Å². The van der Waals surface area contributed by atoms with E-state index in [9.17, 15) is 18.8 Å². The molecule has 9 nitrogen and oxygen atoms in total. The van der Waals surface area contributed by atoms with E-state index in [1.54, 1.807) is 36.0 Å². The maximum absolute atomic E-state index is 13.3. The third-order valence-corrected chi connectivity index (χ3v) is 7.14. The summed E-state index contributed by atoms with van der Waals surface area (Å²) in [6.07, 6.45) is 0. The predicted octanol–water partition coefficient (Wildman–Crippen LogP) is 3.58. The van der Waals surface area contributed by atoms with Gasteiger partial charge in [-0.25, -0.2) is 14.0 Å². The topological polar surface area (TPSA) is 91.4 Å². The van der Waals surface area contributed by atoms with Crippen molar-refractivity contribution in [2.24, 2.45) is 0 Å². The molecule has 2 atom stereocenters. The number of rotatable bonds is 8. The van der Waals surface area contributed by atoms with Crippen molar-refractivity contribution in [2.45, 2.75) is 32.9 Å². The lowest BCUT2D eigenvalue weighted by molar-refractivity contribution is -0.139. The molecule has 0 bridgehead atoms.